The van der Waals surface area contributed by atoms with Crippen LogP contribution in [0.3, 0.4) is 0 Å². The first-order valence-electron chi connectivity index (χ1n) is 6.15. The maximum absolute atomic E-state index is 5.42. The van der Waals surface area contributed by atoms with E-state index in [9.17, 15) is 0 Å². The van der Waals surface area contributed by atoms with Gasteiger partial charge in [-0.25, -0.2) is 0 Å². The van der Waals surface area contributed by atoms with Crippen molar-refractivity contribution in [3.05, 3.63) is 0 Å². The Labute approximate surface area is 90.7 Å². The SMILES string of the molecule is CC[Si](CC)(CC)CCCNCCN. The number of nitrogens with two attached hydrogens (primary N) is 1. The first-order chi connectivity index (χ1) is 6.74. The van der Waals surface area contributed by atoms with Crippen molar-refractivity contribution < 1.29 is 0 Å². The zero-order valence-electron chi connectivity index (χ0n) is 10.2. The molecule has 0 rings (SSSR count). The van der Waals surface area contributed by atoms with E-state index in [2.05, 4.69) is 26.1 Å². The average molecular weight is 216 g/mol. The molecule has 3 heteroatoms. The first kappa shape index (κ1) is 14.1. The summed E-state index contributed by atoms with van der Waals surface area (Å²) in [6.07, 6.45) is 1.35. The summed E-state index contributed by atoms with van der Waals surface area (Å²) in [4.78, 5) is 0. The van der Waals surface area contributed by atoms with Gasteiger partial charge in [-0.2, -0.15) is 0 Å². The zero-order chi connectivity index (χ0) is 10.9. The highest BCUT2D eigenvalue weighted by Gasteiger charge is 2.25. The van der Waals surface area contributed by atoms with Crippen molar-refractivity contribution >= 4 is 8.07 Å². The van der Waals surface area contributed by atoms with Gasteiger partial charge in [0.25, 0.3) is 0 Å². The Bertz CT molecular complexity index is 116. The Kier molecular flexibility index (Phi) is 8.53. The minimum atomic E-state index is -0.849. The Hall–Kier alpha value is 0.137. The highest BCUT2D eigenvalue weighted by Crippen LogP contribution is 2.25. The molecule has 0 heterocycles. The average Bonchev–Trinajstić information content (AvgIpc) is 2.24. The van der Waals surface area contributed by atoms with E-state index in [0.717, 1.165) is 19.6 Å². The molecule has 3 N–H and O–H groups in total. The molecule has 0 fully saturated rings. The molecule has 0 radical (unpaired) electrons. The Morgan fingerprint density at radius 3 is 2.00 bits per heavy atom. The van der Waals surface area contributed by atoms with Crippen molar-refractivity contribution in [1.29, 1.82) is 0 Å². The maximum atomic E-state index is 5.42. The minimum Gasteiger partial charge on any atom is -0.329 e. The molecule has 14 heavy (non-hydrogen) atoms. The van der Waals surface area contributed by atoms with Crippen LogP contribution in [0.5, 0.6) is 0 Å². The first-order valence-corrected chi connectivity index (χ1v) is 8.98. The summed E-state index contributed by atoms with van der Waals surface area (Å²) in [5.41, 5.74) is 5.42. The lowest BCUT2D eigenvalue weighted by atomic mass is 10.5. The van der Waals surface area contributed by atoms with E-state index >= 15 is 0 Å². The molecular weight excluding hydrogens is 188 g/mol. The highest BCUT2D eigenvalue weighted by atomic mass is 28.3. The summed E-state index contributed by atoms with van der Waals surface area (Å²) < 4.78 is 0. The highest BCUT2D eigenvalue weighted by molar-refractivity contribution is 6.79. The third kappa shape index (κ3) is 5.13. The van der Waals surface area contributed by atoms with Gasteiger partial charge < -0.3 is 11.1 Å². The molecular formula is C11H28N2Si. The smallest absolute Gasteiger partial charge is 0.0528 e. The van der Waals surface area contributed by atoms with Crippen LogP contribution >= 0.6 is 0 Å². The molecule has 0 aromatic carbocycles. The largest absolute Gasteiger partial charge is 0.329 e. The van der Waals surface area contributed by atoms with Crippen LogP contribution in [0.2, 0.25) is 24.2 Å². The van der Waals surface area contributed by atoms with Crippen molar-refractivity contribution in [1.82, 2.24) is 5.32 Å². The molecule has 0 aliphatic carbocycles. The third-order valence-corrected chi connectivity index (χ3v) is 9.55. The molecule has 2 nitrogen and oxygen atoms in total. The fourth-order valence-electron chi connectivity index (χ4n) is 2.10. The maximum Gasteiger partial charge on any atom is 0.0528 e. The van der Waals surface area contributed by atoms with E-state index in [4.69, 9.17) is 5.73 Å². The lowest BCUT2D eigenvalue weighted by Gasteiger charge is -2.28. The molecule has 0 saturated carbocycles. The summed E-state index contributed by atoms with van der Waals surface area (Å²) in [5.74, 6) is 0. The second-order valence-corrected chi connectivity index (χ2v) is 9.82. The normalized spacial score (nSPS) is 12.0. The fourth-order valence-corrected chi connectivity index (χ4v) is 5.58. The van der Waals surface area contributed by atoms with Crippen LogP contribution in [0.1, 0.15) is 27.2 Å². The van der Waals surface area contributed by atoms with Gasteiger partial charge in [0, 0.05) is 13.1 Å². The van der Waals surface area contributed by atoms with Gasteiger partial charge in [0.15, 0.2) is 0 Å². The lowest BCUT2D eigenvalue weighted by Crippen LogP contribution is -2.32. The van der Waals surface area contributed by atoms with E-state index in [1.54, 1.807) is 0 Å². The minimum absolute atomic E-state index is 0.762. The Morgan fingerprint density at radius 1 is 1.00 bits per heavy atom. The monoisotopic (exact) mass is 216 g/mol. The molecule has 0 atom stereocenters. The van der Waals surface area contributed by atoms with Crippen LogP contribution in [0.25, 0.3) is 0 Å². The third-order valence-electron chi connectivity index (χ3n) is 3.63. The molecule has 0 amide bonds. The molecule has 0 spiro atoms. The molecule has 0 aromatic rings. The van der Waals surface area contributed by atoms with E-state index in [0.29, 0.717) is 0 Å². The van der Waals surface area contributed by atoms with Gasteiger partial charge in [0.1, 0.15) is 0 Å². The summed E-state index contributed by atoms with van der Waals surface area (Å²) in [7, 11) is -0.849. The van der Waals surface area contributed by atoms with Crippen LogP contribution < -0.4 is 11.1 Å². The van der Waals surface area contributed by atoms with Gasteiger partial charge in [0.05, 0.1) is 8.07 Å². The van der Waals surface area contributed by atoms with Gasteiger partial charge >= 0.3 is 0 Å². The van der Waals surface area contributed by atoms with Crippen molar-refractivity contribution in [2.75, 3.05) is 19.6 Å². The van der Waals surface area contributed by atoms with Gasteiger partial charge in [-0.05, 0) is 13.0 Å². The second-order valence-electron chi connectivity index (χ2n) is 4.20. The summed E-state index contributed by atoms with van der Waals surface area (Å²) in [5, 5.41) is 3.38. The Morgan fingerprint density at radius 2 is 1.57 bits per heavy atom. The van der Waals surface area contributed by atoms with Crippen molar-refractivity contribution in [3.8, 4) is 0 Å². The zero-order valence-corrected chi connectivity index (χ0v) is 11.2. The van der Waals surface area contributed by atoms with Crippen LogP contribution in [0, 0.1) is 0 Å². The van der Waals surface area contributed by atoms with Gasteiger partial charge in [-0.15, -0.1) is 0 Å². The quantitative estimate of drug-likeness (QED) is 0.459. The van der Waals surface area contributed by atoms with Gasteiger partial charge in [-0.1, -0.05) is 44.9 Å². The number of hydrogen-bond donors (Lipinski definition) is 2. The summed E-state index contributed by atoms with van der Waals surface area (Å²) >= 11 is 0. The van der Waals surface area contributed by atoms with Gasteiger partial charge in [0.2, 0.25) is 0 Å². The van der Waals surface area contributed by atoms with E-state index in [1.807, 2.05) is 0 Å². The van der Waals surface area contributed by atoms with Crippen LogP contribution in [-0.4, -0.2) is 27.7 Å². The molecule has 86 valence electrons. The lowest BCUT2D eigenvalue weighted by molar-refractivity contribution is 0.672. The summed E-state index contributed by atoms with van der Waals surface area (Å²) in [6, 6.07) is 5.86. The molecule has 0 bridgehead atoms. The molecule has 0 aromatic heterocycles. The molecule has 0 aliphatic rings. The predicted octanol–water partition coefficient (Wildman–Crippen LogP) is 2.43. The Balaban J connectivity index is 3.61. The second kappa shape index (κ2) is 8.45. The molecule has 0 saturated heterocycles. The van der Waals surface area contributed by atoms with E-state index < -0.39 is 8.07 Å². The number of nitrogens with one attached hydrogen (secondary N) is 1. The summed E-state index contributed by atoms with van der Waals surface area (Å²) in [6.45, 7) is 10.0. The van der Waals surface area contributed by atoms with Crippen molar-refractivity contribution in [2.24, 2.45) is 5.73 Å². The predicted molar refractivity (Wildman–Crippen MR) is 68.5 cm³/mol. The molecule has 0 unspecified atom stereocenters. The van der Waals surface area contributed by atoms with E-state index in [1.165, 1.54) is 30.6 Å². The van der Waals surface area contributed by atoms with Crippen LogP contribution in [0.4, 0.5) is 0 Å². The molecule has 0 aliphatic heterocycles. The van der Waals surface area contributed by atoms with Crippen molar-refractivity contribution in [2.45, 2.75) is 51.4 Å². The van der Waals surface area contributed by atoms with Crippen LogP contribution in [-0.2, 0) is 0 Å². The topological polar surface area (TPSA) is 38.0 Å². The van der Waals surface area contributed by atoms with Crippen LogP contribution in [0.15, 0.2) is 0 Å². The number of rotatable bonds is 9. The standard InChI is InChI=1S/C11H28N2Si/c1-4-14(5-2,6-3)11-7-9-13-10-8-12/h13H,4-12H2,1-3H3. The fraction of sp³-hybridized carbons (Fsp3) is 1.00. The van der Waals surface area contributed by atoms with Gasteiger partial charge in [-0.3, -0.25) is 0 Å². The van der Waals surface area contributed by atoms with Crippen molar-refractivity contribution in [3.63, 3.8) is 0 Å². The number of hydrogen-bond acceptors (Lipinski definition) is 2. The van der Waals surface area contributed by atoms with E-state index in [-0.39, 0.29) is 0 Å².